The third-order valence-electron chi connectivity index (χ3n) is 3.19. The Bertz CT molecular complexity index is 589. The number of furan rings is 1. The van der Waals surface area contributed by atoms with Crippen LogP contribution in [0.5, 0.6) is 17.2 Å². The van der Waals surface area contributed by atoms with Gasteiger partial charge in [-0.1, -0.05) is 19.8 Å². The largest absolute Gasteiger partial charge is 0.504 e. The Morgan fingerprint density at radius 1 is 1.26 bits per heavy atom. The van der Waals surface area contributed by atoms with Crippen LogP contribution in [0, 0.1) is 0 Å². The molecule has 1 aromatic carbocycles. The molecule has 1 aromatic heterocycles. The fourth-order valence-corrected chi connectivity index (χ4v) is 2.66. The standard InChI is InChI=1S/C14H17BrO4/c1-3-4-5-6-9-10-8(7-19-9)11(15)13(17)14(18-2)12(10)16/h7,16-17H,3-6H2,1-2H3. The van der Waals surface area contributed by atoms with E-state index in [1.54, 1.807) is 6.26 Å². The predicted molar refractivity (Wildman–Crippen MR) is 77.0 cm³/mol. The highest BCUT2D eigenvalue weighted by Crippen LogP contribution is 2.49. The summed E-state index contributed by atoms with van der Waals surface area (Å²) in [7, 11) is 1.41. The first-order chi connectivity index (χ1) is 9.11. The summed E-state index contributed by atoms with van der Waals surface area (Å²) in [6.07, 6.45) is 5.53. The third-order valence-corrected chi connectivity index (χ3v) is 3.99. The number of unbranched alkanes of at least 4 members (excludes halogenated alkanes) is 2. The van der Waals surface area contributed by atoms with Crippen molar-refractivity contribution in [3.05, 3.63) is 16.5 Å². The SMILES string of the molecule is CCCCCc1occ2c(Br)c(O)c(OC)c(O)c12. The van der Waals surface area contributed by atoms with Gasteiger partial charge in [-0.2, -0.15) is 0 Å². The topological polar surface area (TPSA) is 62.8 Å². The zero-order valence-corrected chi connectivity index (χ0v) is 12.6. The van der Waals surface area contributed by atoms with Crippen LogP contribution in [0.2, 0.25) is 0 Å². The number of methoxy groups -OCH3 is 1. The van der Waals surface area contributed by atoms with E-state index in [4.69, 9.17) is 9.15 Å². The minimum absolute atomic E-state index is 0.0671. The highest BCUT2D eigenvalue weighted by Gasteiger charge is 2.22. The molecule has 0 saturated heterocycles. The number of hydrogen-bond donors (Lipinski definition) is 2. The molecule has 0 radical (unpaired) electrons. The van der Waals surface area contributed by atoms with Gasteiger partial charge in [-0.05, 0) is 22.4 Å². The minimum Gasteiger partial charge on any atom is -0.504 e. The molecule has 0 aliphatic carbocycles. The minimum atomic E-state index is -0.117. The van der Waals surface area contributed by atoms with Gasteiger partial charge in [0.1, 0.15) is 5.76 Å². The summed E-state index contributed by atoms with van der Waals surface area (Å²) in [6.45, 7) is 2.13. The molecule has 0 spiro atoms. The van der Waals surface area contributed by atoms with E-state index in [9.17, 15) is 10.2 Å². The molecule has 0 bridgehead atoms. The summed E-state index contributed by atoms with van der Waals surface area (Å²) >= 11 is 3.30. The van der Waals surface area contributed by atoms with E-state index in [1.165, 1.54) is 7.11 Å². The Hall–Kier alpha value is -1.36. The second-order valence-corrected chi connectivity index (χ2v) is 5.24. The van der Waals surface area contributed by atoms with Crippen LogP contribution in [0.1, 0.15) is 31.9 Å². The lowest BCUT2D eigenvalue weighted by molar-refractivity contribution is 0.346. The van der Waals surface area contributed by atoms with Gasteiger partial charge in [0.15, 0.2) is 11.5 Å². The molecule has 0 unspecified atom stereocenters. The van der Waals surface area contributed by atoms with E-state index < -0.39 is 0 Å². The molecule has 1 heterocycles. The van der Waals surface area contributed by atoms with Crippen molar-refractivity contribution in [3.63, 3.8) is 0 Å². The molecule has 0 fully saturated rings. The quantitative estimate of drug-likeness (QED) is 0.801. The van der Waals surface area contributed by atoms with Crippen molar-refractivity contribution in [1.82, 2.24) is 0 Å². The van der Waals surface area contributed by atoms with Gasteiger partial charge < -0.3 is 19.4 Å². The Morgan fingerprint density at radius 3 is 2.63 bits per heavy atom. The molecule has 0 atom stereocenters. The van der Waals surface area contributed by atoms with Gasteiger partial charge in [0, 0.05) is 11.8 Å². The maximum absolute atomic E-state index is 10.2. The Labute approximate surface area is 120 Å². The van der Waals surface area contributed by atoms with Crippen molar-refractivity contribution < 1.29 is 19.4 Å². The van der Waals surface area contributed by atoms with Crippen LogP contribution in [0.4, 0.5) is 0 Å². The summed E-state index contributed by atoms with van der Waals surface area (Å²) < 4.78 is 11.0. The summed E-state index contributed by atoms with van der Waals surface area (Å²) in [4.78, 5) is 0. The summed E-state index contributed by atoms with van der Waals surface area (Å²) in [5.74, 6) is 0.601. The molecule has 2 aromatic rings. The van der Waals surface area contributed by atoms with Crippen LogP contribution in [-0.2, 0) is 6.42 Å². The summed E-state index contributed by atoms with van der Waals surface area (Å²) in [5, 5.41) is 21.4. The molecule has 0 saturated carbocycles. The second kappa shape index (κ2) is 5.74. The van der Waals surface area contributed by atoms with Crippen LogP contribution < -0.4 is 4.74 Å². The van der Waals surface area contributed by atoms with E-state index in [0.29, 0.717) is 15.2 Å². The smallest absolute Gasteiger partial charge is 0.204 e. The first kappa shape index (κ1) is 14.1. The number of benzene rings is 1. The van der Waals surface area contributed by atoms with Gasteiger partial charge in [-0.25, -0.2) is 0 Å². The van der Waals surface area contributed by atoms with E-state index in [0.717, 1.165) is 31.4 Å². The van der Waals surface area contributed by atoms with Gasteiger partial charge in [-0.3, -0.25) is 0 Å². The number of phenolic OH excluding ortho intramolecular Hbond substituents is 2. The Kier molecular flexibility index (Phi) is 4.24. The zero-order valence-electron chi connectivity index (χ0n) is 11.0. The van der Waals surface area contributed by atoms with Crippen LogP contribution in [0.3, 0.4) is 0 Å². The molecule has 104 valence electrons. The van der Waals surface area contributed by atoms with Crippen molar-refractivity contribution in [2.45, 2.75) is 32.6 Å². The second-order valence-electron chi connectivity index (χ2n) is 4.45. The number of fused-ring (bicyclic) bond motifs is 1. The molecule has 19 heavy (non-hydrogen) atoms. The van der Waals surface area contributed by atoms with Crippen LogP contribution in [0.15, 0.2) is 15.2 Å². The molecule has 5 heteroatoms. The highest BCUT2D eigenvalue weighted by atomic mass is 79.9. The van der Waals surface area contributed by atoms with Crippen LogP contribution in [0.25, 0.3) is 10.8 Å². The van der Waals surface area contributed by atoms with E-state index in [2.05, 4.69) is 22.9 Å². The van der Waals surface area contributed by atoms with Crippen molar-refractivity contribution in [3.8, 4) is 17.2 Å². The summed E-state index contributed by atoms with van der Waals surface area (Å²) in [5.41, 5.74) is 0. The zero-order chi connectivity index (χ0) is 14.0. The van der Waals surface area contributed by atoms with Crippen molar-refractivity contribution in [2.75, 3.05) is 7.11 Å². The monoisotopic (exact) mass is 328 g/mol. The van der Waals surface area contributed by atoms with Crippen LogP contribution in [-0.4, -0.2) is 17.3 Å². The predicted octanol–water partition coefficient (Wildman–Crippen LogP) is 4.35. The van der Waals surface area contributed by atoms with Crippen molar-refractivity contribution >= 4 is 26.7 Å². The van der Waals surface area contributed by atoms with E-state index >= 15 is 0 Å². The highest BCUT2D eigenvalue weighted by molar-refractivity contribution is 9.10. The first-order valence-electron chi connectivity index (χ1n) is 6.29. The van der Waals surface area contributed by atoms with Gasteiger partial charge in [0.05, 0.1) is 23.2 Å². The maximum Gasteiger partial charge on any atom is 0.204 e. The molecule has 2 rings (SSSR count). The fourth-order valence-electron chi connectivity index (χ4n) is 2.18. The first-order valence-corrected chi connectivity index (χ1v) is 7.08. The van der Waals surface area contributed by atoms with Crippen LogP contribution >= 0.6 is 15.9 Å². The Balaban J connectivity index is 2.54. The molecule has 0 aliphatic heterocycles. The van der Waals surface area contributed by atoms with Crippen molar-refractivity contribution in [2.24, 2.45) is 0 Å². The number of aryl methyl sites for hydroxylation is 1. The number of hydrogen-bond acceptors (Lipinski definition) is 4. The maximum atomic E-state index is 10.2. The Morgan fingerprint density at radius 2 is 2.00 bits per heavy atom. The summed E-state index contributed by atoms with van der Waals surface area (Å²) in [6, 6.07) is 0. The van der Waals surface area contributed by atoms with Crippen molar-refractivity contribution in [1.29, 1.82) is 0 Å². The molecule has 2 N–H and O–H groups in total. The van der Waals surface area contributed by atoms with Gasteiger partial charge in [0.25, 0.3) is 0 Å². The molecule has 0 aliphatic rings. The van der Waals surface area contributed by atoms with Gasteiger partial charge in [0.2, 0.25) is 5.75 Å². The molecule has 0 amide bonds. The number of rotatable bonds is 5. The number of ether oxygens (including phenoxy) is 1. The number of aromatic hydroxyl groups is 2. The fraction of sp³-hybridized carbons (Fsp3) is 0.429. The number of halogens is 1. The van der Waals surface area contributed by atoms with E-state index in [1.807, 2.05) is 0 Å². The lowest BCUT2D eigenvalue weighted by Gasteiger charge is -2.09. The van der Waals surface area contributed by atoms with Gasteiger partial charge >= 0.3 is 0 Å². The molecular formula is C14H17BrO4. The van der Waals surface area contributed by atoms with E-state index in [-0.39, 0.29) is 17.2 Å². The third kappa shape index (κ3) is 2.39. The number of phenols is 2. The average Bonchev–Trinajstić information content (AvgIpc) is 2.81. The molecular weight excluding hydrogens is 312 g/mol. The lowest BCUT2D eigenvalue weighted by Crippen LogP contribution is -1.89. The average molecular weight is 329 g/mol. The van der Waals surface area contributed by atoms with Gasteiger partial charge in [-0.15, -0.1) is 0 Å². The molecule has 4 nitrogen and oxygen atoms in total. The normalized spacial score (nSPS) is 11.1. The lowest BCUT2D eigenvalue weighted by atomic mass is 10.1.